The van der Waals surface area contributed by atoms with E-state index < -0.39 is 0 Å². The first kappa shape index (κ1) is 22.2. The van der Waals surface area contributed by atoms with Gasteiger partial charge in [-0.15, -0.1) is 0 Å². The van der Waals surface area contributed by atoms with Gasteiger partial charge in [-0.25, -0.2) is 19.3 Å². The Labute approximate surface area is 198 Å². The fourth-order valence-corrected chi connectivity index (χ4v) is 4.80. The first-order chi connectivity index (χ1) is 16.6. The largest absolute Gasteiger partial charge is 0.342 e. The highest BCUT2D eigenvalue weighted by molar-refractivity contribution is 5.77. The molecule has 2 atom stereocenters. The number of likely N-dealkylation sites (tertiary alicyclic amines) is 1. The fraction of sp³-hybridized carbons (Fsp3) is 0.333. The maximum atomic E-state index is 13.8. The van der Waals surface area contributed by atoms with Crippen molar-refractivity contribution in [2.24, 2.45) is 5.92 Å². The van der Waals surface area contributed by atoms with Crippen LogP contribution < -0.4 is 0 Å². The minimum absolute atomic E-state index is 0.203. The molecule has 4 heterocycles. The van der Waals surface area contributed by atoms with E-state index in [4.69, 9.17) is 4.98 Å². The first-order valence-corrected chi connectivity index (χ1v) is 11.8. The first-order valence-electron chi connectivity index (χ1n) is 11.8. The van der Waals surface area contributed by atoms with Gasteiger partial charge in [-0.1, -0.05) is 37.3 Å². The van der Waals surface area contributed by atoms with E-state index in [1.165, 1.54) is 17.8 Å². The van der Waals surface area contributed by atoms with Crippen LogP contribution in [0.1, 0.15) is 43.4 Å². The van der Waals surface area contributed by atoms with Gasteiger partial charge >= 0.3 is 0 Å². The highest BCUT2D eigenvalue weighted by atomic mass is 19.1. The number of hydrogen-bond acceptors (Lipinski definition) is 4. The number of amides is 1. The smallest absolute Gasteiger partial charge is 0.223 e. The van der Waals surface area contributed by atoms with E-state index in [0.717, 1.165) is 38.0 Å². The van der Waals surface area contributed by atoms with Gasteiger partial charge in [0.2, 0.25) is 5.91 Å². The molecule has 0 N–H and O–H groups in total. The average Bonchev–Trinajstić information content (AvgIpc) is 3.28. The molecule has 0 spiro atoms. The van der Waals surface area contributed by atoms with Gasteiger partial charge in [0, 0.05) is 37.6 Å². The van der Waals surface area contributed by atoms with E-state index in [1.807, 2.05) is 29.2 Å². The summed E-state index contributed by atoms with van der Waals surface area (Å²) < 4.78 is 15.4. The Hall–Kier alpha value is -3.61. The van der Waals surface area contributed by atoms with E-state index in [0.29, 0.717) is 29.5 Å². The second-order valence-corrected chi connectivity index (χ2v) is 9.16. The lowest BCUT2D eigenvalue weighted by Gasteiger charge is -2.33. The third kappa shape index (κ3) is 4.83. The molecule has 1 fully saturated rings. The molecule has 7 heteroatoms. The number of halogens is 1. The molecular formula is C27H28FN5O. The Morgan fingerprint density at radius 3 is 2.85 bits per heavy atom. The highest BCUT2D eigenvalue weighted by Gasteiger charge is 2.25. The number of piperidine rings is 1. The number of benzene rings is 1. The number of carbonyl (C=O) groups is 1. The lowest BCUT2D eigenvalue weighted by Crippen LogP contribution is -2.41. The molecule has 4 aromatic rings. The molecule has 0 aliphatic carbocycles. The predicted molar refractivity (Wildman–Crippen MR) is 129 cm³/mol. The second-order valence-electron chi connectivity index (χ2n) is 9.16. The van der Waals surface area contributed by atoms with Crippen LogP contribution in [-0.4, -0.2) is 43.2 Å². The molecule has 1 aliphatic rings. The number of nitrogens with zero attached hydrogens (tertiary/aromatic N) is 5. The Kier molecular flexibility index (Phi) is 6.34. The number of pyridine rings is 1. The maximum Gasteiger partial charge on any atom is 0.223 e. The summed E-state index contributed by atoms with van der Waals surface area (Å²) in [5, 5.41) is 0. The number of imidazole rings is 1. The van der Waals surface area contributed by atoms with Gasteiger partial charge in [-0.05, 0) is 54.9 Å². The van der Waals surface area contributed by atoms with Crippen molar-refractivity contribution in [3.05, 3.63) is 84.2 Å². The van der Waals surface area contributed by atoms with Gasteiger partial charge in [0.1, 0.15) is 17.2 Å². The van der Waals surface area contributed by atoms with E-state index in [1.54, 1.807) is 22.9 Å². The second kappa shape index (κ2) is 9.71. The van der Waals surface area contributed by atoms with Crippen LogP contribution in [0, 0.1) is 11.7 Å². The molecule has 34 heavy (non-hydrogen) atoms. The Balaban J connectivity index is 1.26. The third-order valence-corrected chi connectivity index (χ3v) is 6.63. The summed E-state index contributed by atoms with van der Waals surface area (Å²) in [6, 6.07) is 15.2. The van der Waals surface area contributed by atoms with E-state index >= 15 is 0 Å². The van der Waals surface area contributed by atoms with Crippen molar-refractivity contribution >= 4 is 11.6 Å². The van der Waals surface area contributed by atoms with Crippen LogP contribution >= 0.6 is 0 Å². The van der Waals surface area contributed by atoms with Gasteiger partial charge < -0.3 is 4.90 Å². The molecule has 174 valence electrons. The van der Waals surface area contributed by atoms with Crippen molar-refractivity contribution in [2.75, 3.05) is 13.1 Å². The van der Waals surface area contributed by atoms with Crippen molar-refractivity contribution < 1.29 is 9.18 Å². The van der Waals surface area contributed by atoms with Gasteiger partial charge in [0.05, 0.1) is 6.20 Å². The zero-order chi connectivity index (χ0) is 23.5. The Morgan fingerprint density at radius 2 is 2.00 bits per heavy atom. The molecule has 0 unspecified atom stereocenters. The zero-order valence-corrected chi connectivity index (χ0v) is 19.3. The molecule has 5 rings (SSSR count). The fourth-order valence-electron chi connectivity index (χ4n) is 4.80. The van der Waals surface area contributed by atoms with Crippen LogP contribution in [0.15, 0.2) is 67.1 Å². The van der Waals surface area contributed by atoms with E-state index in [2.05, 4.69) is 29.0 Å². The standard InChI is InChI=1S/C27H28FN5O/c1-19(21-7-3-2-4-8-21)14-26(34)32-13-5-6-20(17-32)15-23-11-12-29-27(31-23)24-16-30-25-10-9-22(28)18-33(24)25/h2-4,7-12,16,18-20H,5-6,13-15,17H2,1H3/t19-,20-/m0/s1. The van der Waals surface area contributed by atoms with Crippen LogP contribution in [0.2, 0.25) is 0 Å². The van der Waals surface area contributed by atoms with Crippen molar-refractivity contribution in [3.8, 4) is 11.5 Å². The Bertz CT molecular complexity index is 1290. The summed E-state index contributed by atoms with van der Waals surface area (Å²) in [6.45, 7) is 3.68. The zero-order valence-electron chi connectivity index (χ0n) is 19.3. The molecule has 6 nitrogen and oxygen atoms in total. The van der Waals surface area contributed by atoms with Crippen LogP contribution in [0.3, 0.4) is 0 Å². The van der Waals surface area contributed by atoms with Crippen molar-refractivity contribution in [1.82, 2.24) is 24.3 Å². The van der Waals surface area contributed by atoms with E-state index in [9.17, 15) is 9.18 Å². The monoisotopic (exact) mass is 457 g/mol. The van der Waals surface area contributed by atoms with Gasteiger partial charge in [0.15, 0.2) is 5.82 Å². The molecule has 0 saturated carbocycles. The topological polar surface area (TPSA) is 63.4 Å². The molecule has 1 saturated heterocycles. The number of hydrogen-bond donors (Lipinski definition) is 0. The third-order valence-electron chi connectivity index (χ3n) is 6.63. The van der Waals surface area contributed by atoms with Gasteiger partial charge in [-0.2, -0.15) is 0 Å². The maximum absolute atomic E-state index is 13.8. The molecule has 3 aromatic heterocycles. The normalized spacial score (nSPS) is 17.1. The average molecular weight is 458 g/mol. The minimum Gasteiger partial charge on any atom is -0.342 e. The summed E-state index contributed by atoms with van der Waals surface area (Å²) in [5.41, 5.74) is 3.43. The quantitative estimate of drug-likeness (QED) is 0.413. The summed E-state index contributed by atoms with van der Waals surface area (Å²) in [4.78, 5) is 28.5. The lowest BCUT2D eigenvalue weighted by molar-refractivity contribution is -0.133. The predicted octanol–water partition coefficient (Wildman–Crippen LogP) is 4.91. The van der Waals surface area contributed by atoms with Crippen LogP contribution in [-0.2, 0) is 11.2 Å². The van der Waals surface area contributed by atoms with Gasteiger partial charge in [0.25, 0.3) is 0 Å². The number of aromatic nitrogens is 4. The van der Waals surface area contributed by atoms with Crippen LogP contribution in [0.25, 0.3) is 17.2 Å². The Morgan fingerprint density at radius 1 is 1.15 bits per heavy atom. The molecular weight excluding hydrogens is 429 g/mol. The number of rotatable bonds is 6. The highest BCUT2D eigenvalue weighted by Crippen LogP contribution is 2.25. The minimum atomic E-state index is -0.337. The van der Waals surface area contributed by atoms with Crippen LogP contribution in [0.4, 0.5) is 4.39 Å². The van der Waals surface area contributed by atoms with Crippen LogP contribution in [0.5, 0.6) is 0 Å². The molecule has 1 aromatic carbocycles. The lowest BCUT2D eigenvalue weighted by atomic mass is 9.92. The number of carbonyl (C=O) groups excluding carboxylic acids is 1. The summed E-state index contributed by atoms with van der Waals surface area (Å²) in [6.07, 6.45) is 8.18. The summed E-state index contributed by atoms with van der Waals surface area (Å²) in [7, 11) is 0. The number of fused-ring (bicyclic) bond motifs is 1. The van der Waals surface area contributed by atoms with Crippen molar-refractivity contribution in [2.45, 2.75) is 38.5 Å². The summed E-state index contributed by atoms with van der Waals surface area (Å²) in [5.74, 6) is 0.964. The summed E-state index contributed by atoms with van der Waals surface area (Å²) >= 11 is 0. The van der Waals surface area contributed by atoms with Crippen molar-refractivity contribution in [3.63, 3.8) is 0 Å². The molecule has 1 amide bonds. The van der Waals surface area contributed by atoms with Gasteiger partial charge in [-0.3, -0.25) is 9.20 Å². The SMILES string of the molecule is C[C@@H](CC(=O)N1CCC[C@@H](Cc2ccnc(-c3cnc4ccc(F)cn34)n2)C1)c1ccccc1. The molecule has 0 bridgehead atoms. The van der Waals surface area contributed by atoms with Crippen molar-refractivity contribution in [1.29, 1.82) is 0 Å². The molecule has 0 radical (unpaired) electrons. The molecule has 1 aliphatic heterocycles. The van der Waals surface area contributed by atoms with E-state index in [-0.39, 0.29) is 17.6 Å².